The van der Waals surface area contributed by atoms with Crippen LogP contribution in [0.1, 0.15) is 28.8 Å². The molecule has 0 spiro atoms. The van der Waals surface area contributed by atoms with Gasteiger partial charge in [0.2, 0.25) is 0 Å². The number of halogens is 2. The van der Waals surface area contributed by atoms with E-state index in [0.717, 1.165) is 12.8 Å². The van der Waals surface area contributed by atoms with Gasteiger partial charge in [0.05, 0.1) is 17.4 Å². The van der Waals surface area contributed by atoms with Crippen molar-refractivity contribution in [3.05, 3.63) is 49.1 Å². The van der Waals surface area contributed by atoms with Crippen molar-refractivity contribution in [3.8, 4) is 0 Å². The van der Waals surface area contributed by atoms with E-state index in [0.29, 0.717) is 14.8 Å². The molecule has 2 aromatic rings. The van der Waals surface area contributed by atoms with E-state index in [4.69, 9.17) is 0 Å². The van der Waals surface area contributed by atoms with Crippen LogP contribution in [0.2, 0.25) is 0 Å². The van der Waals surface area contributed by atoms with Crippen LogP contribution in [-0.4, -0.2) is 55.4 Å². The topological polar surface area (TPSA) is 125 Å². The summed E-state index contributed by atoms with van der Waals surface area (Å²) >= 11 is 2.00. The van der Waals surface area contributed by atoms with Gasteiger partial charge in [-0.25, -0.2) is 9.11 Å². The molecule has 1 aliphatic heterocycles. The molecule has 0 bridgehead atoms. The van der Waals surface area contributed by atoms with Crippen LogP contribution in [0.15, 0.2) is 23.0 Å². The molecule has 4 N–H and O–H groups in total. The summed E-state index contributed by atoms with van der Waals surface area (Å²) in [6.45, 7) is 1.96. The quantitative estimate of drug-likeness (QED) is 0.340. The second kappa shape index (κ2) is 9.43. The monoisotopic (exact) mass is 604 g/mol. The molecule has 10 nitrogen and oxygen atoms in total. The van der Waals surface area contributed by atoms with Gasteiger partial charge in [-0.3, -0.25) is 14.2 Å². The van der Waals surface area contributed by atoms with E-state index in [-0.39, 0.29) is 47.8 Å². The fourth-order valence-corrected chi connectivity index (χ4v) is 5.21. The van der Waals surface area contributed by atoms with Crippen molar-refractivity contribution in [2.45, 2.75) is 31.8 Å². The van der Waals surface area contributed by atoms with Crippen LogP contribution in [0.5, 0.6) is 0 Å². The van der Waals surface area contributed by atoms with Crippen molar-refractivity contribution in [3.63, 3.8) is 0 Å². The molecule has 0 radical (unpaired) electrons. The number of hydrogen-bond donors (Lipinski definition) is 4. The minimum Gasteiger partial charge on any atom is -0.379 e. The lowest BCUT2D eigenvalue weighted by Crippen LogP contribution is -2.59. The predicted molar refractivity (Wildman–Crippen MR) is 136 cm³/mol. The Balaban J connectivity index is 1.75. The fraction of sp³-hybridized carbons (Fsp3) is 0.429. The first kappa shape index (κ1) is 24.9. The highest BCUT2D eigenvalue weighted by Crippen LogP contribution is 2.32. The molecule has 2 heterocycles. The van der Waals surface area contributed by atoms with Gasteiger partial charge in [0, 0.05) is 42.4 Å². The third-order valence-corrected chi connectivity index (χ3v) is 8.11. The Morgan fingerprint density at radius 2 is 1.88 bits per heavy atom. The zero-order valence-corrected chi connectivity index (χ0v) is 21.9. The van der Waals surface area contributed by atoms with E-state index in [9.17, 15) is 22.4 Å². The molecule has 2 aliphatic rings. The maximum atomic E-state index is 14.6. The van der Waals surface area contributed by atoms with Crippen LogP contribution >= 0.6 is 22.6 Å². The summed E-state index contributed by atoms with van der Waals surface area (Å²) in [5, 5.41) is 9.07. The molecule has 1 aromatic carbocycles. The Labute approximate surface area is 210 Å². The van der Waals surface area contributed by atoms with Crippen LogP contribution < -0.4 is 26.2 Å². The zero-order chi connectivity index (χ0) is 24.8. The molecule has 1 saturated carbocycles. The van der Waals surface area contributed by atoms with Gasteiger partial charge in [0.15, 0.2) is 0 Å². The van der Waals surface area contributed by atoms with E-state index < -0.39 is 21.9 Å². The Kier molecular flexibility index (Phi) is 6.90. The molecule has 1 saturated heterocycles. The van der Waals surface area contributed by atoms with Gasteiger partial charge >= 0.3 is 0 Å². The highest BCUT2D eigenvalue weighted by molar-refractivity contribution is 14.1. The summed E-state index contributed by atoms with van der Waals surface area (Å²) in [6.07, 6.45) is 1.74. The first-order valence-electron chi connectivity index (χ1n) is 10.7. The summed E-state index contributed by atoms with van der Waals surface area (Å²) in [7, 11) is -0.705. The Hall–Kier alpha value is -2.23. The van der Waals surface area contributed by atoms with Gasteiger partial charge in [-0.05, 0) is 60.6 Å². The number of benzene rings is 1. The number of amides is 1. The SMILES string of the molecule is CNS(=O)(=O)N1CC(Nc2c(C(=O)NC3CC3)c(Nc3ccc(I)cc3F)n(C)c(=O)c2C)C1. The van der Waals surface area contributed by atoms with Crippen molar-refractivity contribution < 1.29 is 17.6 Å². The number of carbonyl (C=O) groups is 1. The zero-order valence-electron chi connectivity index (χ0n) is 18.9. The molecule has 13 heteroatoms. The molecular formula is C21H26FIN6O4S. The molecule has 4 rings (SSSR count). The molecule has 34 heavy (non-hydrogen) atoms. The van der Waals surface area contributed by atoms with Crippen LogP contribution in [0.4, 0.5) is 21.6 Å². The van der Waals surface area contributed by atoms with E-state index in [1.54, 1.807) is 19.1 Å². The summed E-state index contributed by atoms with van der Waals surface area (Å²) in [5.74, 6) is -0.763. The van der Waals surface area contributed by atoms with Crippen molar-refractivity contribution in [1.29, 1.82) is 0 Å². The third kappa shape index (κ3) is 4.92. The van der Waals surface area contributed by atoms with E-state index in [1.165, 1.54) is 29.0 Å². The molecule has 184 valence electrons. The van der Waals surface area contributed by atoms with E-state index >= 15 is 0 Å². The van der Waals surface area contributed by atoms with Gasteiger partial charge < -0.3 is 16.0 Å². The van der Waals surface area contributed by atoms with Crippen LogP contribution in [0, 0.1) is 16.3 Å². The van der Waals surface area contributed by atoms with Crippen molar-refractivity contribution in [2.75, 3.05) is 30.8 Å². The molecule has 1 aromatic heterocycles. The maximum absolute atomic E-state index is 14.6. The number of carbonyl (C=O) groups excluding carboxylic acids is 1. The van der Waals surface area contributed by atoms with Gasteiger partial charge in [0.1, 0.15) is 17.2 Å². The average molecular weight is 604 g/mol. The number of hydrogen-bond acceptors (Lipinski definition) is 6. The molecule has 0 unspecified atom stereocenters. The van der Waals surface area contributed by atoms with Crippen LogP contribution in [-0.2, 0) is 17.3 Å². The molecule has 0 atom stereocenters. The first-order valence-corrected chi connectivity index (χ1v) is 13.3. The number of aromatic nitrogens is 1. The van der Waals surface area contributed by atoms with Crippen LogP contribution in [0.25, 0.3) is 0 Å². The number of rotatable bonds is 8. The number of anilines is 3. The molecule has 1 aliphatic carbocycles. The Bertz CT molecular complexity index is 1310. The smallest absolute Gasteiger partial charge is 0.279 e. The summed E-state index contributed by atoms with van der Waals surface area (Å²) in [6, 6.07) is 4.37. The first-order chi connectivity index (χ1) is 16.0. The van der Waals surface area contributed by atoms with Gasteiger partial charge in [0.25, 0.3) is 21.7 Å². The lowest BCUT2D eigenvalue weighted by Gasteiger charge is -2.39. The highest BCUT2D eigenvalue weighted by Gasteiger charge is 2.37. The van der Waals surface area contributed by atoms with E-state index in [2.05, 4.69) is 20.7 Å². The average Bonchev–Trinajstić information content (AvgIpc) is 3.56. The standard InChI is InChI=1S/C21H26FIN6O4S/c1-11-18(25-14-9-29(10-14)34(32,33)24-2)17(20(30)26-13-5-6-13)19(28(3)21(11)31)27-16-7-4-12(23)8-15(16)22/h4,7-8,13-14,24-25,27H,5-6,9-10H2,1-3H3,(H,26,30). The minimum atomic E-state index is -3.56. The maximum Gasteiger partial charge on any atom is 0.279 e. The number of pyridine rings is 1. The Morgan fingerprint density at radius 3 is 2.47 bits per heavy atom. The van der Waals surface area contributed by atoms with Crippen molar-refractivity contribution in [2.24, 2.45) is 7.05 Å². The normalized spacial score (nSPS) is 16.7. The highest BCUT2D eigenvalue weighted by atomic mass is 127. The lowest BCUT2D eigenvalue weighted by molar-refractivity contribution is 0.0951. The largest absolute Gasteiger partial charge is 0.379 e. The molecule has 1 amide bonds. The van der Waals surface area contributed by atoms with Gasteiger partial charge in [-0.1, -0.05) is 0 Å². The minimum absolute atomic E-state index is 0.0562. The van der Waals surface area contributed by atoms with Gasteiger partial charge in [-0.15, -0.1) is 0 Å². The summed E-state index contributed by atoms with van der Waals surface area (Å²) in [5.41, 5.74) is 0.561. The molecule has 2 fully saturated rings. The second-order valence-electron chi connectivity index (χ2n) is 8.45. The number of nitrogens with one attached hydrogen (secondary N) is 4. The summed E-state index contributed by atoms with van der Waals surface area (Å²) < 4.78 is 44.1. The Morgan fingerprint density at radius 1 is 1.21 bits per heavy atom. The van der Waals surface area contributed by atoms with Gasteiger partial charge in [-0.2, -0.15) is 12.7 Å². The number of nitrogens with zero attached hydrogens (tertiary/aromatic N) is 2. The van der Waals surface area contributed by atoms with Crippen molar-refractivity contribution in [1.82, 2.24) is 18.9 Å². The van der Waals surface area contributed by atoms with Crippen LogP contribution in [0.3, 0.4) is 0 Å². The predicted octanol–water partition coefficient (Wildman–Crippen LogP) is 1.63. The lowest BCUT2D eigenvalue weighted by atomic mass is 10.1. The summed E-state index contributed by atoms with van der Waals surface area (Å²) in [4.78, 5) is 26.4. The molecular weight excluding hydrogens is 578 g/mol. The fourth-order valence-electron chi connectivity index (χ4n) is 3.74. The van der Waals surface area contributed by atoms with E-state index in [1.807, 2.05) is 22.6 Å². The third-order valence-electron chi connectivity index (χ3n) is 5.94. The van der Waals surface area contributed by atoms with Crippen molar-refractivity contribution >= 4 is 55.9 Å². The second-order valence-corrected chi connectivity index (χ2v) is 11.6.